The fourth-order valence-electron chi connectivity index (χ4n) is 11.0. The number of ether oxygens (including phenoxy) is 6. The molecule has 0 aliphatic carbocycles. The summed E-state index contributed by atoms with van der Waals surface area (Å²) in [7, 11) is 0. The number of allylic oxidation sites excluding steroid dienone is 1. The van der Waals surface area contributed by atoms with Gasteiger partial charge in [-0.3, -0.25) is 10.1 Å². The van der Waals surface area contributed by atoms with E-state index in [1.165, 1.54) is 24.3 Å². The van der Waals surface area contributed by atoms with E-state index in [-0.39, 0.29) is 53.3 Å². The van der Waals surface area contributed by atoms with Crippen molar-refractivity contribution in [3.63, 3.8) is 0 Å². The van der Waals surface area contributed by atoms with Crippen molar-refractivity contribution in [1.29, 1.82) is 0 Å². The van der Waals surface area contributed by atoms with Crippen LogP contribution in [-0.4, -0.2) is 119 Å². The summed E-state index contributed by atoms with van der Waals surface area (Å²) in [4.78, 5) is 54.0. The third-order valence-electron chi connectivity index (χ3n) is 15.8. The molecule has 67 heavy (non-hydrogen) atoms. The molecule has 18 nitrogen and oxygen atoms in total. The largest absolute Gasteiger partial charge is 1.00 e. The smallest absolute Gasteiger partial charge is 0.504 e. The van der Waals surface area contributed by atoms with Crippen LogP contribution < -0.4 is 29.6 Å². The summed E-state index contributed by atoms with van der Waals surface area (Å²) in [6, 6.07) is 4.94. The number of hydrogen-bond donors (Lipinski definition) is 2. The molecule has 20 heteroatoms. The minimum absolute atomic E-state index is 0. The van der Waals surface area contributed by atoms with Gasteiger partial charge >= 0.3 is 54.4 Å². The number of nitro groups is 1. The van der Waals surface area contributed by atoms with Crippen molar-refractivity contribution in [2.24, 2.45) is 22.7 Å². The Balaban J connectivity index is 0.00000666. The van der Waals surface area contributed by atoms with E-state index >= 15 is 4.79 Å². The Morgan fingerprint density at radius 2 is 1.36 bits per heavy atom. The predicted octanol–water partition coefficient (Wildman–Crippen LogP) is 3.13. The molecule has 6 saturated heterocycles. The number of benzene rings is 1. The molecular formula is C47H67BNNaO17. The molecule has 1 aromatic carbocycles. The quantitative estimate of drug-likeness (QED) is 0.110. The van der Waals surface area contributed by atoms with Gasteiger partial charge in [0.05, 0.1) is 47.1 Å². The molecule has 7 aliphatic rings. The van der Waals surface area contributed by atoms with E-state index in [0.717, 1.165) is 0 Å². The maximum absolute atomic E-state index is 15.1. The maximum atomic E-state index is 15.1. The Hall–Kier alpha value is -2.53. The molecule has 7 aliphatic heterocycles. The molecule has 1 aromatic rings. The van der Waals surface area contributed by atoms with Crippen molar-refractivity contribution < 1.29 is 106 Å². The van der Waals surface area contributed by atoms with Crippen LogP contribution in [0.2, 0.25) is 0 Å². The van der Waals surface area contributed by atoms with Gasteiger partial charge in [0.1, 0.15) is 18.3 Å². The molecule has 1 unspecified atom stereocenters. The van der Waals surface area contributed by atoms with E-state index < -0.39 is 125 Å². The summed E-state index contributed by atoms with van der Waals surface area (Å²) < 4.78 is 66.0. The minimum atomic E-state index is -3.58. The zero-order valence-corrected chi connectivity index (χ0v) is 42.3. The van der Waals surface area contributed by atoms with E-state index in [0.29, 0.717) is 64.2 Å². The van der Waals surface area contributed by atoms with E-state index in [4.69, 9.17) is 47.0 Å². The van der Waals surface area contributed by atoms with Gasteiger partial charge in [-0.2, -0.15) is 0 Å². The van der Waals surface area contributed by atoms with Crippen LogP contribution in [0.3, 0.4) is 0 Å². The second kappa shape index (κ2) is 19.9. The maximum Gasteiger partial charge on any atom is 1.00 e. The SMILES string of the molecule is C[C@@H]1CC[C@@H]2O[C@]13O[B-]14O[C@H]3C(=O)O[C@H]([C@@H](C)OC(=O)c3ccc([N+](=O)[O-])cc3)C/C=C\CC[C@H](O)C(C)(C)[C@@H]3CC[C@@H](C)[C@](O3)(O1)[C@@H](O4)C(=O)O[C@H]1C[C@@H](CCC[C@@H](O)C2(C)C)O[C@@H]1C.[Na+]. The Kier molecular flexibility index (Phi) is 15.6. The molecule has 0 radical (unpaired) electrons. The van der Waals surface area contributed by atoms with Crippen LogP contribution in [0.25, 0.3) is 0 Å². The van der Waals surface area contributed by atoms with Crippen LogP contribution in [0.5, 0.6) is 0 Å². The Morgan fingerprint density at radius 1 is 0.806 bits per heavy atom. The number of non-ortho nitro benzene ring substituents is 1. The van der Waals surface area contributed by atoms with Gasteiger partial charge < -0.3 is 57.3 Å². The van der Waals surface area contributed by atoms with Crippen LogP contribution in [0.1, 0.15) is 136 Å². The normalized spacial score (nSPS) is 42.8. The van der Waals surface area contributed by atoms with Crippen molar-refractivity contribution in [3.05, 3.63) is 52.1 Å². The van der Waals surface area contributed by atoms with Gasteiger partial charge in [-0.1, -0.05) is 53.7 Å². The Labute approximate surface area is 414 Å². The molecule has 7 heterocycles. The van der Waals surface area contributed by atoms with Gasteiger partial charge in [-0.05, 0) is 83.8 Å². The molecule has 9 bridgehead atoms. The number of aliphatic hydroxyl groups is 2. The zero-order chi connectivity index (χ0) is 47.6. The fourth-order valence-corrected chi connectivity index (χ4v) is 11.0. The number of carbonyl (C=O) groups excluding carboxylic acids is 3. The summed E-state index contributed by atoms with van der Waals surface area (Å²) in [6.45, 7) is 11.2. The Morgan fingerprint density at radius 3 is 1.93 bits per heavy atom. The van der Waals surface area contributed by atoms with Crippen molar-refractivity contribution in [1.82, 2.24) is 0 Å². The number of nitro benzene ring substituents is 1. The van der Waals surface area contributed by atoms with E-state index in [9.17, 15) is 29.9 Å². The van der Waals surface area contributed by atoms with Crippen molar-refractivity contribution in [2.45, 2.75) is 205 Å². The number of fused-ring (bicyclic) bond motifs is 6. The first-order valence-corrected chi connectivity index (χ1v) is 23.9. The molecule has 366 valence electrons. The van der Waals surface area contributed by atoms with Crippen LogP contribution >= 0.6 is 0 Å². The topological polar surface area (TPSA) is 227 Å². The minimum Gasteiger partial charge on any atom is -0.504 e. The first kappa shape index (κ1) is 52.3. The number of cyclic esters (lactones) is 1. The fraction of sp³-hybridized carbons (Fsp3) is 0.766. The predicted molar refractivity (Wildman–Crippen MR) is 233 cm³/mol. The average molecular weight is 952 g/mol. The summed E-state index contributed by atoms with van der Waals surface area (Å²) in [5, 5.41) is 34.9. The van der Waals surface area contributed by atoms with Crippen LogP contribution in [0.4, 0.5) is 5.69 Å². The summed E-state index contributed by atoms with van der Waals surface area (Å²) in [5.41, 5.74) is -1.91. The van der Waals surface area contributed by atoms with Gasteiger partial charge in [-0.15, -0.1) is 0 Å². The monoisotopic (exact) mass is 951 g/mol. The number of rotatable bonds is 4. The average Bonchev–Trinajstić information content (AvgIpc) is 3.90. The van der Waals surface area contributed by atoms with Crippen LogP contribution in [-0.2, 0) is 56.6 Å². The third kappa shape index (κ3) is 9.92. The van der Waals surface area contributed by atoms with Crippen molar-refractivity contribution in [2.75, 3.05) is 0 Å². The van der Waals surface area contributed by atoms with Crippen LogP contribution in [0.15, 0.2) is 36.4 Å². The second-order valence-electron chi connectivity index (χ2n) is 20.9. The first-order chi connectivity index (χ1) is 31.1. The summed E-state index contributed by atoms with van der Waals surface area (Å²) >= 11 is 0. The number of carbonyl (C=O) groups is 3. The summed E-state index contributed by atoms with van der Waals surface area (Å²) in [5.74, 6) is -7.54. The summed E-state index contributed by atoms with van der Waals surface area (Å²) in [6.07, 6.45) is -1.42. The van der Waals surface area contributed by atoms with Crippen molar-refractivity contribution >= 4 is 30.6 Å². The molecule has 16 atom stereocenters. The number of nitrogens with zero attached hydrogens (tertiary/aromatic N) is 1. The molecule has 0 aromatic heterocycles. The van der Waals surface area contributed by atoms with E-state index in [2.05, 4.69) is 0 Å². The van der Waals surface area contributed by atoms with Gasteiger partial charge in [-0.25, -0.2) is 14.4 Å². The van der Waals surface area contributed by atoms with Crippen molar-refractivity contribution in [3.8, 4) is 0 Å². The number of hydrogen-bond acceptors (Lipinski definition) is 17. The molecule has 8 rings (SSSR count). The standard InChI is InChI=1S/C47H67BNO17.Na/c1-26-18-24-38-45(7,8)36(51)16-12-13-32-25-34(29(4)57-32)60-43(54)40-47-27(2)17-23-37(61-47)44(5,6)35(50)15-11-9-10-14-33(28(3)58-41(52)30-19-21-31(22-20-30)49(55)56)59-42(53)39-46(26,62-38)65-48(63-39,64-40)66-47;/h9-10,19-22,26-29,32-40,50-51H,11-18,23-25H2,1-8H3;/q-1;+1/b10-9-;/t26-,27-,28-,29-,32-,33+,34+,35+,36-,37+,38+,39+,40+,46+,47+,48?;/m1./s1. The first-order valence-electron chi connectivity index (χ1n) is 23.9. The Bertz CT molecular complexity index is 2020. The third-order valence-corrected chi connectivity index (χ3v) is 15.8. The molecular weight excluding hydrogens is 884 g/mol. The molecule has 6 fully saturated rings. The second-order valence-corrected chi connectivity index (χ2v) is 20.9. The van der Waals surface area contributed by atoms with Gasteiger partial charge in [0.2, 0.25) is 0 Å². The van der Waals surface area contributed by atoms with Gasteiger partial charge in [0.15, 0.2) is 23.8 Å². The van der Waals surface area contributed by atoms with E-state index in [1.807, 2.05) is 54.5 Å². The molecule has 0 saturated carbocycles. The molecule has 2 N–H and O–H groups in total. The zero-order valence-electron chi connectivity index (χ0n) is 40.3. The number of aliphatic hydroxyl groups excluding tert-OH is 2. The number of esters is 3. The molecule has 0 amide bonds. The van der Waals surface area contributed by atoms with Gasteiger partial charge in [0.25, 0.3) is 5.69 Å². The van der Waals surface area contributed by atoms with Crippen LogP contribution in [0, 0.1) is 32.8 Å². The van der Waals surface area contributed by atoms with Gasteiger partial charge in [0, 0.05) is 47.6 Å². The molecule has 3 spiro atoms. The van der Waals surface area contributed by atoms with E-state index in [1.54, 1.807) is 13.0 Å².